The van der Waals surface area contributed by atoms with Crippen LogP contribution in [0.15, 0.2) is 10.8 Å². The van der Waals surface area contributed by atoms with Gasteiger partial charge in [-0.25, -0.2) is 0 Å². The van der Waals surface area contributed by atoms with Crippen LogP contribution in [0.25, 0.3) is 0 Å². The van der Waals surface area contributed by atoms with E-state index in [2.05, 4.69) is 4.74 Å². The molecule has 0 amide bonds. The number of halogens is 5. The van der Waals surface area contributed by atoms with E-state index in [-0.39, 0.29) is 0 Å². The Bertz CT molecular complexity index is 131. The van der Waals surface area contributed by atoms with Gasteiger partial charge in [-0.2, -0.15) is 13.2 Å². The van der Waals surface area contributed by atoms with Crippen molar-refractivity contribution in [2.24, 2.45) is 0 Å². The Hall–Kier alpha value is -0.0900. The molecule has 0 aromatic rings. The van der Waals surface area contributed by atoms with Crippen molar-refractivity contribution >= 4 is 23.2 Å². The first-order valence-corrected chi connectivity index (χ1v) is 2.92. The molecule has 10 heavy (non-hydrogen) atoms. The smallest absolute Gasteiger partial charge is 0.422 e. The van der Waals surface area contributed by atoms with Gasteiger partial charge in [0.2, 0.25) is 0 Å². The Morgan fingerprint density at radius 3 is 2.30 bits per heavy atom. The second-order valence-corrected chi connectivity index (χ2v) is 1.91. The molecule has 0 rings (SSSR count). The fourth-order valence-electron chi connectivity index (χ4n) is 0.182. The van der Waals surface area contributed by atoms with Crippen molar-refractivity contribution < 1.29 is 17.9 Å². The molecule has 0 aliphatic carbocycles. The summed E-state index contributed by atoms with van der Waals surface area (Å²) in [4.78, 5) is 0. The van der Waals surface area contributed by atoms with Crippen molar-refractivity contribution in [2.45, 2.75) is 6.18 Å². The second kappa shape index (κ2) is 3.93. The van der Waals surface area contributed by atoms with Gasteiger partial charge in [0, 0.05) is 0 Å². The standard InChI is InChI=1S/C4H3Cl2F3O/c5-1-3(6)10-2-4(7,8)9/h1H,2H2/b3-1-. The number of ether oxygens (including phenoxy) is 1. The van der Waals surface area contributed by atoms with Crippen LogP contribution in [-0.2, 0) is 4.74 Å². The van der Waals surface area contributed by atoms with Crippen LogP contribution in [0.4, 0.5) is 13.2 Å². The monoisotopic (exact) mass is 194 g/mol. The summed E-state index contributed by atoms with van der Waals surface area (Å²) in [7, 11) is 0. The van der Waals surface area contributed by atoms with Gasteiger partial charge in [-0.15, -0.1) is 0 Å². The highest BCUT2D eigenvalue weighted by atomic mass is 35.5. The molecular formula is C4H3Cl2F3O. The zero-order valence-corrected chi connectivity index (χ0v) is 6.09. The van der Waals surface area contributed by atoms with Crippen molar-refractivity contribution in [2.75, 3.05) is 6.61 Å². The van der Waals surface area contributed by atoms with Crippen molar-refractivity contribution in [3.63, 3.8) is 0 Å². The summed E-state index contributed by atoms with van der Waals surface area (Å²) in [5, 5.41) is -0.473. The van der Waals surface area contributed by atoms with Gasteiger partial charge in [0.05, 0.1) is 5.54 Å². The molecule has 0 aliphatic heterocycles. The zero-order valence-electron chi connectivity index (χ0n) is 4.58. The molecule has 0 spiro atoms. The predicted octanol–water partition coefficient (Wildman–Crippen LogP) is 2.84. The molecule has 0 unspecified atom stereocenters. The molecule has 0 aromatic heterocycles. The summed E-state index contributed by atoms with van der Waals surface area (Å²) in [6, 6.07) is 0. The molecular weight excluding hydrogens is 192 g/mol. The lowest BCUT2D eigenvalue weighted by molar-refractivity contribution is -0.162. The fourth-order valence-corrected chi connectivity index (χ4v) is 0.300. The van der Waals surface area contributed by atoms with Crippen molar-refractivity contribution in [3.05, 3.63) is 10.8 Å². The normalized spacial score (nSPS) is 13.5. The summed E-state index contributed by atoms with van der Waals surface area (Å²) < 4.78 is 37.8. The first-order chi connectivity index (χ1) is 4.45. The maximum Gasteiger partial charge on any atom is 0.422 e. The minimum Gasteiger partial charge on any atom is -0.473 e. The van der Waals surface area contributed by atoms with Crippen LogP contribution in [0.1, 0.15) is 0 Å². The van der Waals surface area contributed by atoms with E-state index in [0.29, 0.717) is 5.54 Å². The van der Waals surface area contributed by atoms with Gasteiger partial charge in [-0.1, -0.05) is 11.6 Å². The molecule has 6 heteroatoms. The SMILES string of the molecule is FC(F)(F)CO/C(Cl)=C\Cl. The summed E-state index contributed by atoms with van der Waals surface area (Å²) in [5.74, 6) is 0. The number of hydrogen-bond donors (Lipinski definition) is 0. The average Bonchev–Trinajstić information content (AvgIpc) is 1.81. The highest BCUT2D eigenvalue weighted by molar-refractivity contribution is 6.35. The van der Waals surface area contributed by atoms with E-state index < -0.39 is 18.0 Å². The van der Waals surface area contributed by atoms with Gasteiger partial charge in [0.25, 0.3) is 0 Å². The minimum absolute atomic E-state index is 0.473. The largest absolute Gasteiger partial charge is 0.473 e. The Balaban J connectivity index is 3.56. The maximum absolute atomic E-state index is 11.3. The van der Waals surface area contributed by atoms with E-state index in [0.717, 1.165) is 0 Å². The van der Waals surface area contributed by atoms with Gasteiger partial charge in [0.15, 0.2) is 11.8 Å². The van der Waals surface area contributed by atoms with E-state index in [1.54, 1.807) is 0 Å². The fraction of sp³-hybridized carbons (Fsp3) is 0.500. The molecule has 0 bridgehead atoms. The number of hydrogen-bond acceptors (Lipinski definition) is 1. The minimum atomic E-state index is -4.37. The molecule has 0 heterocycles. The molecule has 0 atom stereocenters. The van der Waals surface area contributed by atoms with E-state index in [4.69, 9.17) is 23.2 Å². The Morgan fingerprint density at radius 1 is 1.50 bits per heavy atom. The van der Waals surface area contributed by atoms with Crippen molar-refractivity contribution in [1.82, 2.24) is 0 Å². The third-order valence-electron chi connectivity index (χ3n) is 0.460. The van der Waals surface area contributed by atoms with Crippen LogP contribution < -0.4 is 0 Å². The molecule has 0 aliphatic rings. The number of rotatable bonds is 2. The van der Waals surface area contributed by atoms with Crippen LogP contribution >= 0.6 is 23.2 Å². The van der Waals surface area contributed by atoms with Crippen LogP contribution in [0.3, 0.4) is 0 Å². The van der Waals surface area contributed by atoms with Crippen LogP contribution in [0.2, 0.25) is 0 Å². The Morgan fingerprint density at radius 2 is 2.00 bits per heavy atom. The first kappa shape index (κ1) is 9.91. The van der Waals surface area contributed by atoms with Gasteiger partial charge in [-0.05, 0) is 11.6 Å². The molecule has 0 aromatic carbocycles. The van der Waals surface area contributed by atoms with Crippen LogP contribution in [0.5, 0.6) is 0 Å². The van der Waals surface area contributed by atoms with E-state index in [1.807, 2.05) is 0 Å². The molecule has 0 saturated heterocycles. The van der Waals surface area contributed by atoms with Crippen molar-refractivity contribution in [3.8, 4) is 0 Å². The quantitative estimate of drug-likeness (QED) is 0.615. The average molecular weight is 195 g/mol. The summed E-state index contributed by atoms with van der Waals surface area (Å²) in [5.41, 5.74) is 0.716. The highest BCUT2D eigenvalue weighted by Gasteiger charge is 2.28. The first-order valence-electron chi connectivity index (χ1n) is 2.11. The lowest BCUT2D eigenvalue weighted by atomic mass is 10.7. The molecule has 0 radical (unpaired) electrons. The molecule has 1 nitrogen and oxygen atoms in total. The van der Waals surface area contributed by atoms with E-state index in [9.17, 15) is 13.2 Å². The lowest BCUT2D eigenvalue weighted by Crippen LogP contribution is -2.15. The van der Waals surface area contributed by atoms with Gasteiger partial charge in [-0.3, -0.25) is 0 Å². The van der Waals surface area contributed by atoms with Gasteiger partial charge < -0.3 is 4.74 Å². The third-order valence-corrected chi connectivity index (χ3v) is 0.988. The Kier molecular flexibility index (Phi) is 3.89. The molecule has 0 fully saturated rings. The van der Waals surface area contributed by atoms with Crippen molar-refractivity contribution in [1.29, 1.82) is 0 Å². The van der Waals surface area contributed by atoms with E-state index in [1.165, 1.54) is 0 Å². The predicted molar refractivity (Wildman–Crippen MR) is 31.8 cm³/mol. The zero-order chi connectivity index (χ0) is 8.20. The van der Waals surface area contributed by atoms with Crippen LogP contribution in [-0.4, -0.2) is 12.8 Å². The topological polar surface area (TPSA) is 9.23 Å². The number of alkyl halides is 3. The lowest BCUT2D eigenvalue weighted by Gasteiger charge is -2.06. The van der Waals surface area contributed by atoms with E-state index >= 15 is 0 Å². The Labute approximate surface area is 65.4 Å². The van der Waals surface area contributed by atoms with Crippen LogP contribution in [0, 0.1) is 0 Å². The third kappa shape index (κ3) is 6.04. The summed E-state index contributed by atoms with van der Waals surface area (Å²) in [6.45, 7) is -1.42. The van der Waals surface area contributed by atoms with Gasteiger partial charge >= 0.3 is 6.18 Å². The highest BCUT2D eigenvalue weighted by Crippen LogP contribution is 2.17. The second-order valence-electron chi connectivity index (χ2n) is 1.32. The molecule has 0 saturated carbocycles. The molecule has 0 N–H and O–H groups in total. The van der Waals surface area contributed by atoms with Gasteiger partial charge in [0.1, 0.15) is 0 Å². The summed E-state index contributed by atoms with van der Waals surface area (Å²) >= 11 is 9.87. The molecule has 60 valence electrons. The maximum atomic E-state index is 11.3. The summed E-state index contributed by atoms with van der Waals surface area (Å²) in [6.07, 6.45) is -4.37.